The van der Waals surface area contributed by atoms with Crippen LogP contribution in [0.1, 0.15) is 18.5 Å². The van der Waals surface area contributed by atoms with E-state index in [1.807, 2.05) is 0 Å². The van der Waals surface area contributed by atoms with Gasteiger partial charge in [-0.05, 0) is 24.8 Å². The number of anilines is 1. The van der Waals surface area contributed by atoms with Crippen LogP contribution in [0.5, 0.6) is 0 Å². The number of hydrogen-bond donors (Lipinski definition) is 2. The summed E-state index contributed by atoms with van der Waals surface area (Å²) < 4.78 is 0. The number of nitrogens with one attached hydrogen (secondary N) is 1. The van der Waals surface area contributed by atoms with E-state index < -0.39 is 11.0 Å². The van der Waals surface area contributed by atoms with E-state index >= 15 is 0 Å². The highest BCUT2D eigenvalue weighted by atomic mass is 16.6. The highest BCUT2D eigenvalue weighted by molar-refractivity contribution is 5.50. The van der Waals surface area contributed by atoms with Gasteiger partial charge in [-0.15, -0.1) is 0 Å². The van der Waals surface area contributed by atoms with E-state index in [0.29, 0.717) is 18.3 Å². The zero-order valence-corrected chi connectivity index (χ0v) is 9.54. The lowest BCUT2D eigenvalue weighted by atomic mass is 10.2. The molecule has 0 aliphatic heterocycles. The standard InChI is InChI=1S/C11H12N4O3/c12-5-8-9(15(17)18)3-4-11(14-8)13-6-10(16)7-1-2-7/h3-4,7,10,16H,1-2,6H2,(H,13,14). The van der Waals surface area contributed by atoms with Gasteiger partial charge in [0.05, 0.1) is 11.0 Å². The molecule has 0 bridgehead atoms. The quantitative estimate of drug-likeness (QED) is 0.594. The summed E-state index contributed by atoms with van der Waals surface area (Å²) in [6.45, 7) is 0.334. The van der Waals surface area contributed by atoms with Crippen LogP contribution in [0.2, 0.25) is 0 Å². The van der Waals surface area contributed by atoms with Crippen molar-refractivity contribution in [3.05, 3.63) is 27.9 Å². The van der Waals surface area contributed by atoms with E-state index in [2.05, 4.69) is 10.3 Å². The fourth-order valence-corrected chi connectivity index (χ4v) is 1.64. The third kappa shape index (κ3) is 2.73. The van der Waals surface area contributed by atoms with Gasteiger partial charge in [0.2, 0.25) is 5.69 Å². The van der Waals surface area contributed by atoms with Crippen molar-refractivity contribution in [2.75, 3.05) is 11.9 Å². The number of aliphatic hydroxyl groups is 1. The van der Waals surface area contributed by atoms with Gasteiger partial charge >= 0.3 is 5.69 Å². The molecule has 1 atom stereocenters. The SMILES string of the molecule is N#Cc1nc(NCC(O)C2CC2)ccc1[N+](=O)[O-]. The molecule has 2 N–H and O–H groups in total. The second-order valence-corrected chi connectivity index (χ2v) is 4.22. The van der Waals surface area contributed by atoms with Gasteiger partial charge in [-0.25, -0.2) is 4.98 Å². The molecule has 1 heterocycles. The van der Waals surface area contributed by atoms with Crippen LogP contribution < -0.4 is 5.32 Å². The summed E-state index contributed by atoms with van der Waals surface area (Å²) in [5, 5.41) is 31.9. The van der Waals surface area contributed by atoms with Crippen molar-refractivity contribution in [2.24, 2.45) is 5.92 Å². The Morgan fingerprint density at radius 2 is 2.39 bits per heavy atom. The molecule has 1 aliphatic rings. The molecule has 1 saturated carbocycles. The van der Waals surface area contributed by atoms with Crippen LogP contribution >= 0.6 is 0 Å². The van der Waals surface area contributed by atoms with Crippen molar-refractivity contribution in [1.82, 2.24) is 4.98 Å². The Balaban J connectivity index is 2.05. The third-order valence-corrected chi connectivity index (χ3v) is 2.84. The Bertz CT molecular complexity index is 508. The van der Waals surface area contributed by atoms with E-state index in [9.17, 15) is 15.2 Å². The zero-order valence-electron chi connectivity index (χ0n) is 9.54. The van der Waals surface area contributed by atoms with Gasteiger partial charge < -0.3 is 10.4 Å². The smallest absolute Gasteiger partial charge is 0.305 e. The van der Waals surface area contributed by atoms with Crippen molar-refractivity contribution in [3.8, 4) is 6.07 Å². The molecule has 0 saturated heterocycles. The topological polar surface area (TPSA) is 112 Å². The molecular weight excluding hydrogens is 236 g/mol. The van der Waals surface area contributed by atoms with Crippen LogP contribution in [0, 0.1) is 27.4 Å². The molecule has 2 rings (SSSR count). The first kappa shape index (κ1) is 12.3. The molecule has 0 amide bonds. The van der Waals surface area contributed by atoms with Crippen molar-refractivity contribution >= 4 is 11.5 Å². The maximum Gasteiger partial charge on any atom is 0.305 e. The maximum atomic E-state index is 10.6. The Kier molecular flexibility index (Phi) is 3.39. The predicted octanol–water partition coefficient (Wildman–Crippen LogP) is 1.04. The van der Waals surface area contributed by atoms with Gasteiger partial charge in [-0.1, -0.05) is 0 Å². The summed E-state index contributed by atoms with van der Waals surface area (Å²) in [5.41, 5.74) is -0.545. The van der Waals surface area contributed by atoms with E-state index in [1.54, 1.807) is 6.07 Å². The molecule has 1 aliphatic carbocycles. The number of nitrogens with zero attached hydrogens (tertiary/aromatic N) is 3. The molecule has 0 aromatic carbocycles. The number of aliphatic hydroxyl groups excluding tert-OH is 1. The van der Waals surface area contributed by atoms with Crippen LogP contribution in [-0.4, -0.2) is 27.7 Å². The lowest BCUT2D eigenvalue weighted by molar-refractivity contribution is -0.385. The Hall–Kier alpha value is -2.20. The van der Waals surface area contributed by atoms with Crippen molar-refractivity contribution in [2.45, 2.75) is 18.9 Å². The summed E-state index contributed by atoms with van der Waals surface area (Å²) in [7, 11) is 0. The average Bonchev–Trinajstić information content (AvgIpc) is 3.19. The number of hydrogen-bond acceptors (Lipinski definition) is 6. The number of nitro groups is 1. The second kappa shape index (κ2) is 4.98. The first-order valence-corrected chi connectivity index (χ1v) is 5.59. The number of pyridine rings is 1. The van der Waals surface area contributed by atoms with Crippen LogP contribution in [-0.2, 0) is 0 Å². The predicted molar refractivity (Wildman–Crippen MR) is 62.8 cm³/mol. The molecular formula is C11H12N4O3. The van der Waals surface area contributed by atoms with E-state index in [-0.39, 0.29) is 11.4 Å². The molecule has 18 heavy (non-hydrogen) atoms. The minimum Gasteiger partial charge on any atom is -0.391 e. The number of nitriles is 1. The van der Waals surface area contributed by atoms with Crippen LogP contribution in [0.4, 0.5) is 11.5 Å². The summed E-state index contributed by atoms with van der Waals surface area (Å²) in [6.07, 6.45) is 1.62. The van der Waals surface area contributed by atoms with E-state index in [1.165, 1.54) is 12.1 Å². The Morgan fingerprint density at radius 1 is 1.67 bits per heavy atom. The second-order valence-electron chi connectivity index (χ2n) is 4.22. The van der Waals surface area contributed by atoms with Crippen LogP contribution in [0.3, 0.4) is 0 Å². The average molecular weight is 248 g/mol. The van der Waals surface area contributed by atoms with Gasteiger partial charge in [0.25, 0.3) is 0 Å². The van der Waals surface area contributed by atoms with E-state index in [0.717, 1.165) is 12.8 Å². The molecule has 94 valence electrons. The molecule has 1 aromatic heterocycles. The molecule has 7 heteroatoms. The Labute approximate surface area is 103 Å². The van der Waals surface area contributed by atoms with Gasteiger partial charge in [0, 0.05) is 12.6 Å². The van der Waals surface area contributed by atoms with Crippen LogP contribution in [0.25, 0.3) is 0 Å². The number of aromatic nitrogens is 1. The molecule has 7 nitrogen and oxygen atoms in total. The summed E-state index contributed by atoms with van der Waals surface area (Å²) in [4.78, 5) is 13.8. The fourth-order valence-electron chi connectivity index (χ4n) is 1.64. The van der Waals surface area contributed by atoms with Gasteiger partial charge in [0.15, 0.2) is 0 Å². The lowest BCUT2D eigenvalue weighted by Gasteiger charge is -2.10. The first-order chi connectivity index (χ1) is 8.61. The van der Waals surface area contributed by atoms with Crippen molar-refractivity contribution in [3.63, 3.8) is 0 Å². The van der Waals surface area contributed by atoms with Gasteiger partial charge in [-0.3, -0.25) is 10.1 Å². The summed E-state index contributed by atoms with van der Waals surface area (Å²) >= 11 is 0. The zero-order chi connectivity index (χ0) is 13.1. The highest BCUT2D eigenvalue weighted by Gasteiger charge is 2.29. The normalized spacial score (nSPS) is 15.8. The lowest BCUT2D eigenvalue weighted by Crippen LogP contribution is -2.21. The van der Waals surface area contributed by atoms with Crippen molar-refractivity contribution in [1.29, 1.82) is 5.26 Å². The van der Waals surface area contributed by atoms with Crippen molar-refractivity contribution < 1.29 is 10.0 Å². The summed E-state index contributed by atoms with van der Waals surface area (Å²) in [5.74, 6) is 0.697. The fraction of sp³-hybridized carbons (Fsp3) is 0.455. The largest absolute Gasteiger partial charge is 0.391 e. The van der Waals surface area contributed by atoms with E-state index in [4.69, 9.17) is 5.26 Å². The molecule has 1 fully saturated rings. The minimum atomic E-state index is -0.644. The summed E-state index contributed by atoms with van der Waals surface area (Å²) in [6, 6.07) is 4.35. The van der Waals surface area contributed by atoms with Crippen LogP contribution in [0.15, 0.2) is 12.1 Å². The monoisotopic (exact) mass is 248 g/mol. The molecule has 1 aromatic rings. The Morgan fingerprint density at radius 3 is 2.94 bits per heavy atom. The van der Waals surface area contributed by atoms with Gasteiger partial charge in [-0.2, -0.15) is 5.26 Å². The van der Waals surface area contributed by atoms with Gasteiger partial charge in [0.1, 0.15) is 11.9 Å². The minimum absolute atomic E-state index is 0.231. The maximum absolute atomic E-state index is 10.6. The molecule has 0 radical (unpaired) electrons. The first-order valence-electron chi connectivity index (χ1n) is 5.59. The number of rotatable bonds is 5. The molecule has 0 spiro atoms. The molecule has 1 unspecified atom stereocenters. The highest BCUT2D eigenvalue weighted by Crippen LogP contribution is 2.32. The third-order valence-electron chi connectivity index (χ3n) is 2.84.